The molecule has 126 valence electrons. The molecule has 0 radical (unpaired) electrons. The molecule has 3 rings (SSSR count). The zero-order valence-electron chi connectivity index (χ0n) is 14.5. The minimum absolute atomic E-state index is 0.0573. The number of ether oxygens (including phenoxy) is 1. The lowest BCUT2D eigenvalue weighted by Gasteiger charge is -2.42. The van der Waals surface area contributed by atoms with Crippen molar-refractivity contribution in [1.82, 2.24) is 5.32 Å². The van der Waals surface area contributed by atoms with Crippen LogP contribution in [0.1, 0.15) is 36.0 Å². The molecule has 1 aliphatic rings. The highest BCUT2D eigenvalue weighted by molar-refractivity contribution is 5.77. The molecule has 2 aromatic carbocycles. The van der Waals surface area contributed by atoms with Gasteiger partial charge in [0.1, 0.15) is 5.75 Å². The average molecular weight is 323 g/mol. The third kappa shape index (κ3) is 3.61. The maximum absolute atomic E-state index is 12.2. The van der Waals surface area contributed by atoms with Gasteiger partial charge in [0.05, 0.1) is 0 Å². The van der Waals surface area contributed by atoms with Crippen LogP contribution in [0.15, 0.2) is 48.5 Å². The maximum atomic E-state index is 12.2. The van der Waals surface area contributed by atoms with Crippen molar-refractivity contribution in [2.24, 2.45) is 0 Å². The molecule has 0 aromatic heterocycles. The monoisotopic (exact) mass is 323 g/mol. The minimum Gasteiger partial charge on any atom is -0.483 e. The number of nitrogens with one attached hydrogen (secondary N) is 1. The van der Waals surface area contributed by atoms with Gasteiger partial charge in [0.15, 0.2) is 6.61 Å². The predicted molar refractivity (Wildman–Crippen MR) is 96.4 cm³/mol. The van der Waals surface area contributed by atoms with E-state index in [2.05, 4.69) is 29.6 Å². The lowest BCUT2D eigenvalue weighted by Crippen LogP contribution is -2.46. The molecule has 1 saturated carbocycles. The van der Waals surface area contributed by atoms with E-state index in [9.17, 15) is 4.79 Å². The Balaban J connectivity index is 1.55. The Hall–Kier alpha value is -2.29. The number of benzene rings is 2. The summed E-state index contributed by atoms with van der Waals surface area (Å²) < 4.78 is 5.69. The van der Waals surface area contributed by atoms with Gasteiger partial charge in [0.25, 0.3) is 5.91 Å². The van der Waals surface area contributed by atoms with Gasteiger partial charge >= 0.3 is 0 Å². The minimum atomic E-state index is -0.0573. The SMILES string of the molecule is Cc1ccc(C)c(OCC(=O)NCC2(c3ccccc3)CCC2)c1. The molecule has 1 fully saturated rings. The van der Waals surface area contributed by atoms with Crippen LogP contribution >= 0.6 is 0 Å². The van der Waals surface area contributed by atoms with Crippen LogP contribution in [0.3, 0.4) is 0 Å². The summed E-state index contributed by atoms with van der Waals surface area (Å²) in [4.78, 5) is 12.2. The van der Waals surface area contributed by atoms with E-state index < -0.39 is 0 Å². The first-order valence-electron chi connectivity index (χ1n) is 8.61. The Kier molecular flexibility index (Phi) is 4.89. The summed E-state index contributed by atoms with van der Waals surface area (Å²) in [5.41, 5.74) is 3.62. The van der Waals surface area contributed by atoms with Crippen molar-refractivity contribution in [3.8, 4) is 5.75 Å². The summed E-state index contributed by atoms with van der Waals surface area (Å²) >= 11 is 0. The Bertz CT molecular complexity index is 705. The first kappa shape index (κ1) is 16.6. The lowest BCUT2D eigenvalue weighted by molar-refractivity contribution is -0.123. The van der Waals surface area contributed by atoms with Crippen LogP contribution in [0.2, 0.25) is 0 Å². The second-order valence-electron chi connectivity index (χ2n) is 6.83. The maximum Gasteiger partial charge on any atom is 0.257 e. The molecule has 1 amide bonds. The van der Waals surface area contributed by atoms with Gasteiger partial charge in [-0.15, -0.1) is 0 Å². The quantitative estimate of drug-likeness (QED) is 0.875. The number of aryl methyl sites for hydroxylation is 2. The highest BCUT2D eigenvalue weighted by atomic mass is 16.5. The number of amides is 1. The molecule has 0 aliphatic heterocycles. The van der Waals surface area contributed by atoms with E-state index >= 15 is 0 Å². The van der Waals surface area contributed by atoms with Gasteiger partial charge in [-0.25, -0.2) is 0 Å². The fourth-order valence-corrected chi connectivity index (χ4v) is 3.29. The largest absolute Gasteiger partial charge is 0.483 e. The standard InChI is InChI=1S/C21H25NO2/c1-16-9-10-17(2)19(13-16)24-14-20(23)22-15-21(11-6-12-21)18-7-4-3-5-8-18/h3-5,7-10,13H,6,11-12,14-15H2,1-2H3,(H,22,23). The van der Waals surface area contributed by atoms with Crippen LogP contribution in [0.5, 0.6) is 5.75 Å². The van der Waals surface area contributed by atoms with Gasteiger partial charge in [-0.3, -0.25) is 4.79 Å². The van der Waals surface area contributed by atoms with Gasteiger partial charge in [-0.1, -0.05) is 48.9 Å². The molecule has 0 saturated heterocycles. The molecule has 0 spiro atoms. The Morgan fingerprint density at radius 1 is 1.12 bits per heavy atom. The average Bonchev–Trinajstić information content (AvgIpc) is 2.56. The molecule has 1 aliphatic carbocycles. The smallest absolute Gasteiger partial charge is 0.257 e. The summed E-state index contributed by atoms with van der Waals surface area (Å²) in [5.74, 6) is 0.727. The van der Waals surface area contributed by atoms with Crippen molar-refractivity contribution >= 4 is 5.91 Å². The fraction of sp³-hybridized carbons (Fsp3) is 0.381. The van der Waals surface area contributed by atoms with Crippen LogP contribution in [0.25, 0.3) is 0 Å². The number of rotatable bonds is 6. The highest BCUT2D eigenvalue weighted by Gasteiger charge is 2.38. The molecular formula is C21H25NO2. The summed E-state index contributed by atoms with van der Waals surface area (Å²) in [6.45, 7) is 4.76. The first-order valence-corrected chi connectivity index (χ1v) is 8.61. The van der Waals surface area contributed by atoms with E-state index in [-0.39, 0.29) is 17.9 Å². The van der Waals surface area contributed by atoms with E-state index in [1.807, 2.05) is 38.1 Å². The summed E-state index contributed by atoms with van der Waals surface area (Å²) in [5, 5.41) is 3.06. The van der Waals surface area contributed by atoms with Crippen LogP contribution in [-0.2, 0) is 10.2 Å². The van der Waals surface area contributed by atoms with Gasteiger partial charge in [-0.2, -0.15) is 0 Å². The van der Waals surface area contributed by atoms with Gasteiger partial charge in [0.2, 0.25) is 0 Å². The van der Waals surface area contributed by atoms with Crippen LogP contribution in [0, 0.1) is 13.8 Å². The van der Waals surface area contributed by atoms with Crippen molar-refractivity contribution in [2.45, 2.75) is 38.5 Å². The number of hydrogen-bond acceptors (Lipinski definition) is 2. The molecular weight excluding hydrogens is 298 g/mol. The molecule has 0 unspecified atom stereocenters. The Morgan fingerprint density at radius 3 is 2.54 bits per heavy atom. The van der Waals surface area contributed by atoms with E-state index in [4.69, 9.17) is 4.74 Å². The molecule has 1 N–H and O–H groups in total. The van der Waals surface area contributed by atoms with Crippen molar-refractivity contribution in [3.05, 3.63) is 65.2 Å². The van der Waals surface area contributed by atoms with Crippen molar-refractivity contribution in [3.63, 3.8) is 0 Å². The second kappa shape index (κ2) is 7.08. The zero-order valence-corrected chi connectivity index (χ0v) is 14.5. The number of carbonyl (C=O) groups is 1. The summed E-state index contributed by atoms with van der Waals surface area (Å²) in [6.07, 6.45) is 3.49. The van der Waals surface area contributed by atoms with Crippen LogP contribution in [0.4, 0.5) is 0 Å². The molecule has 24 heavy (non-hydrogen) atoms. The van der Waals surface area contributed by atoms with Crippen molar-refractivity contribution < 1.29 is 9.53 Å². The highest BCUT2D eigenvalue weighted by Crippen LogP contribution is 2.43. The normalized spacial score (nSPS) is 15.4. The third-order valence-electron chi connectivity index (χ3n) is 5.02. The van der Waals surface area contributed by atoms with Gasteiger partial charge in [0, 0.05) is 12.0 Å². The van der Waals surface area contributed by atoms with E-state index in [0.29, 0.717) is 6.54 Å². The molecule has 0 atom stereocenters. The lowest BCUT2D eigenvalue weighted by atomic mass is 9.64. The summed E-state index contributed by atoms with van der Waals surface area (Å²) in [6, 6.07) is 16.5. The fourth-order valence-electron chi connectivity index (χ4n) is 3.29. The molecule has 0 bridgehead atoms. The Labute approximate surface area is 144 Å². The van der Waals surface area contributed by atoms with Gasteiger partial charge < -0.3 is 10.1 Å². The van der Waals surface area contributed by atoms with E-state index in [0.717, 1.165) is 29.7 Å². The van der Waals surface area contributed by atoms with Crippen LogP contribution < -0.4 is 10.1 Å². The van der Waals surface area contributed by atoms with Crippen molar-refractivity contribution in [1.29, 1.82) is 0 Å². The molecule has 3 nitrogen and oxygen atoms in total. The van der Waals surface area contributed by atoms with Crippen molar-refractivity contribution in [2.75, 3.05) is 13.2 Å². The number of hydrogen-bond donors (Lipinski definition) is 1. The Morgan fingerprint density at radius 2 is 1.88 bits per heavy atom. The van der Waals surface area contributed by atoms with Gasteiger partial charge in [-0.05, 0) is 49.4 Å². The second-order valence-corrected chi connectivity index (χ2v) is 6.83. The predicted octanol–water partition coefficient (Wildman–Crippen LogP) is 3.92. The molecule has 2 aromatic rings. The first-order chi connectivity index (χ1) is 11.6. The summed E-state index contributed by atoms with van der Waals surface area (Å²) in [7, 11) is 0. The van der Waals surface area contributed by atoms with E-state index in [1.165, 1.54) is 12.0 Å². The third-order valence-corrected chi connectivity index (χ3v) is 5.02. The zero-order chi connectivity index (χ0) is 17.0. The molecule has 0 heterocycles. The van der Waals surface area contributed by atoms with Crippen LogP contribution in [-0.4, -0.2) is 19.1 Å². The topological polar surface area (TPSA) is 38.3 Å². The molecule has 3 heteroatoms. The van der Waals surface area contributed by atoms with E-state index in [1.54, 1.807) is 0 Å². The number of carbonyl (C=O) groups excluding carboxylic acids is 1.